The number of carbonyl (C=O) groups excluding carboxylic acids is 1. The summed E-state index contributed by atoms with van der Waals surface area (Å²) in [4.78, 5) is 23.6. The number of likely N-dealkylation sites (tertiary alicyclic amines) is 1. The second kappa shape index (κ2) is 7.30. The van der Waals surface area contributed by atoms with Crippen molar-refractivity contribution in [1.29, 1.82) is 0 Å². The summed E-state index contributed by atoms with van der Waals surface area (Å²) in [5.41, 5.74) is 3.96. The van der Waals surface area contributed by atoms with Crippen LogP contribution in [0.15, 0.2) is 29.2 Å². The largest absolute Gasteiger partial charge is 0.361 e. The SMILES string of the molecule is Cc1noc(C)c1-c1cnc(CC[C@@H]2CCCN2C(=O)c2ccn[nH]2)cn1. The minimum atomic E-state index is 0.0230. The van der Waals surface area contributed by atoms with Crippen molar-refractivity contribution in [2.45, 2.75) is 45.6 Å². The first-order valence-electron chi connectivity index (χ1n) is 9.18. The third kappa shape index (κ3) is 3.47. The molecule has 1 amide bonds. The molecule has 1 atom stereocenters. The Morgan fingerprint density at radius 2 is 2.22 bits per heavy atom. The lowest BCUT2D eigenvalue weighted by molar-refractivity contribution is 0.0724. The van der Waals surface area contributed by atoms with Gasteiger partial charge in [-0.15, -0.1) is 0 Å². The van der Waals surface area contributed by atoms with E-state index in [1.54, 1.807) is 24.7 Å². The predicted octanol–water partition coefficient (Wildman–Crippen LogP) is 2.71. The summed E-state index contributed by atoms with van der Waals surface area (Å²) >= 11 is 0. The second-order valence-electron chi connectivity index (χ2n) is 6.90. The number of aromatic amines is 1. The van der Waals surface area contributed by atoms with E-state index in [0.717, 1.165) is 60.6 Å². The number of hydrogen-bond donors (Lipinski definition) is 1. The van der Waals surface area contributed by atoms with Crippen LogP contribution in [0, 0.1) is 13.8 Å². The lowest BCUT2D eigenvalue weighted by Gasteiger charge is -2.24. The van der Waals surface area contributed by atoms with Gasteiger partial charge in [0.15, 0.2) is 0 Å². The maximum absolute atomic E-state index is 12.6. The van der Waals surface area contributed by atoms with Crippen molar-refractivity contribution in [3.05, 3.63) is 47.5 Å². The van der Waals surface area contributed by atoms with Gasteiger partial charge in [0, 0.05) is 25.0 Å². The number of nitrogens with one attached hydrogen (secondary N) is 1. The van der Waals surface area contributed by atoms with E-state index >= 15 is 0 Å². The third-order valence-electron chi connectivity index (χ3n) is 5.10. The van der Waals surface area contributed by atoms with Crippen molar-refractivity contribution >= 4 is 5.91 Å². The van der Waals surface area contributed by atoms with Gasteiger partial charge >= 0.3 is 0 Å². The van der Waals surface area contributed by atoms with Crippen molar-refractivity contribution in [2.75, 3.05) is 6.54 Å². The quantitative estimate of drug-likeness (QED) is 0.745. The van der Waals surface area contributed by atoms with E-state index < -0.39 is 0 Å². The van der Waals surface area contributed by atoms with Crippen molar-refractivity contribution in [3.63, 3.8) is 0 Å². The van der Waals surface area contributed by atoms with Crippen LogP contribution in [0.5, 0.6) is 0 Å². The van der Waals surface area contributed by atoms with Gasteiger partial charge in [-0.2, -0.15) is 5.10 Å². The number of amides is 1. The molecule has 0 aromatic carbocycles. The first-order chi connectivity index (χ1) is 13.1. The highest BCUT2D eigenvalue weighted by Crippen LogP contribution is 2.25. The molecule has 4 heterocycles. The molecule has 1 fully saturated rings. The average Bonchev–Trinajstić information content (AvgIpc) is 3.42. The summed E-state index contributed by atoms with van der Waals surface area (Å²) in [5, 5.41) is 10.6. The highest BCUT2D eigenvalue weighted by molar-refractivity contribution is 5.92. The summed E-state index contributed by atoms with van der Waals surface area (Å²) < 4.78 is 5.20. The molecule has 0 bridgehead atoms. The monoisotopic (exact) mass is 366 g/mol. The molecule has 3 aromatic heterocycles. The summed E-state index contributed by atoms with van der Waals surface area (Å²) in [6, 6.07) is 1.95. The van der Waals surface area contributed by atoms with Gasteiger partial charge in [-0.25, -0.2) is 0 Å². The molecule has 140 valence electrons. The van der Waals surface area contributed by atoms with Crippen LogP contribution in [-0.4, -0.2) is 48.7 Å². The Morgan fingerprint density at radius 3 is 2.89 bits per heavy atom. The number of hydrogen-bond acceptors (Lipinski definition) is 6. The minimum absolute atomic E-state index is 0.0230. The molecule has 1 aliphatic heterocycles. The van der Waals surface area contributed by atoms with E-state index in [1.807, 2.05) is 18.7 Å². The molecular weight excluding hydrogens is 344 g/mol. The van der Waals surface area contributed by atoms with E-state index in [2.05, 4.69) is 25.3 Å². The van der Waals surface area contributed by atoms with Crippen molar-refractivity contribution < 1.29 is 9.32 Å². The predicted molar refractivity (Wildman–Crippen MR) is 98.0 cm³/mol. The fourth-order valence-electron chi connectivity index (χ4n) is 3.71. The third-order valence-corrected chi connectivity index (χ3v) is 5.10. The van der Waals surface area contributed by atoms with Crippen LogP contribution in [-0.2, 0) is 6.42 Å². The Balaban J connectivity index is 1.40. The summed E-state index contributed by atoms with van der Waals surface area (Å²) in [5.74, 6) is 0.767. The van der Waals surface area contributed by atoms with Gasteiger partial charge in [-0.1, -0.05) is 5.16 Å². The Kier molecular flexibility index (Phi) is 4.70. The lowest BCUT2D eigenvalue weighted by atomic mass is 10.1. The number of carbonyl (C=O) groups is 1. The van der Waals surface area contributed by atoms with Gasteiger partial charge in [0.25, 0.3) is 5.91 Å². The maximum Gasteiger partial charge on any atom is 0.272 e. The molecule has 27 heavy (non-hydrogen) atoms. The van der Waals surface area contributed by atoms with Gasteiger partial charge in [0.2, 0.25) is 0 Å². The summed E-state index contributed by atoms with van der Waals surface area (Å²) in [6.07, 6.45) is 8.88. The second-order valence-corrected chi connectivity index (χ2v) is 6.90. The Morgan fingerprint density at radius 1 is 1.33 bits per heavy atom. The van der Waals surface area contributed by atoms with E-state index in [1.165, 1.54) is 0 Å². The number of nitrogens with zero attached hydrogens (tertiary/aromatic N) is 5. The smallest absolute Gasteiger partial charge is 0.272 e. The molecule has 0 saturated carbocycles. The van der Waals surface area contributed by atoms with Crippen LogP contribution in [0.2, 0.25) is 0 Å². The number of aromatic nitrogens is 5. The molecule has 1 saturated heterocycles. The molecular formula is C19H22N6O2. The fraction of sp³-hybridized carbons (Fsp3) is 0.421. The maximum atomic E-state index is 12.6. The highest BCUT2D eigenvalue weighted by atomic mass is 16.5. The summed E-state index contributed by atoms with van der Waals surface area (Å²) in [7, 11) is 0. The van der Waals surface area contributed by atoms with Gasteiger partial charge in [0.05, 0.1) is 28.8 Å². The summed E-state index contributed by atoms with van der Waals surface area (Å²) in [6.45, 7) is 4.56. The Bertz CT molecular complexity index is 897. The van der Waals surface area contributed by atoms with E-state index in [9.17, 15) is 4.79 Å². The minimum Gasteiger partial charge on any atom is -0.361 e. The number of H-pyrrole nitrogens is 1. The van der Waals surface area contributed by atoms with Crippen molar-refractivity contribution in [2.24, 2.45) is 0 Å². The molecule has 0 unspecified atom stereocenters. The van der Waals surface area contributed by atoms with Crippen LogP contribution in [0.3, 0.4) is 0 Å². The molecule has 0 aliphatic carbocycles. The first kappa shape index (κ1) is 17.4. The molecule has 4 rings (SSSR count). The van der Waals surface area contributed by atoms with Crippen LogP contribution in [0.25, 0.3) is 11.3 Å². The molecule has 1 aliphatic rings. The first-order valence-corrected chi connectivity index (χ1v) is 9.18. The molecule has 8 nitrogen and oxygen atoms in total. The van der Waals surface area contributed by atoms with Crippen LogP contribution in [0.4, 0.5) is 0 Å². The molecule has 3 aromatic rings. The zero-order chi connectivity index (χ0) is 18.8. The molecule has 0 radical (unpaired) electrons. The van der Waals surface area contributed by atoms with Gasteiger partial charge in [0.1, 0.15) is 11.5 Å². The zero-order valence-electron chi connectivity index (χ0n) is 15.5. The zero-order valence-corrected chi connectivity index (χ0v) is 15.5. The Hall–Kier alpha value is -3.03. The van der Waals surface area contributed by atoms with Gasteiger partial charge in [-0.3, -0.25) is 19.9 Å². The molecule has 8 heteroatoms. The van der Waals surface area contributed by atoms with Gasteiger partial charge in [-0.05, 0) is 45.6 Å². The van der Waals surface area contributed by atoms with Crippen LogP contribution in [0.1, 0.15) is 46.9 Å². The standard InChI is InChI=1S/C19H22N6O2/c1-12-18(13(2)27-24-12)17-11-20-14(10-21-17)5-6-15-4-3-9-25(15)19(26)16-7-8-22-23-16/h7-8,10-11,15H,3-6,9H2,1-2H3,(H,22,23)/t15-/m0/s1. The van der Waals surface area contributed by atoms with Crippen LogP contribution >= 0.6 is 0 Å². The average molecular weight is 366 g/mol. The fourth-order valence-corrected chi connectivity index (χ4v) is 3.71. The van der Waals surface area contributed by atoms with Crippen molar-refractivity contribution in [3.8, 4) is 11.3 Å². The highest BCUT2D eigenvalue weighted by Gasteiger charge is 2.29. The topological polar surface area (TPSA) is 101 Å². The molecule has 0 spiro atoms. The van der Waals surface area contributed by atoms with Crippen molar-refractivity contribution in [1.82, 2.24) is 30.2 Å². The molecule has 1 N–H and O–H groups in total. The Labute approximate surface area is 157 Å². The normalized spacial score (nSPS) is 16.8. The van der Waals surface area contributed by atoms with E-state index in [0.29, 0.717) is 5.69 Å². The van der Waals surface area contributed by atoms with Gasteiger partial charge < -0.3 is 9.42 Å². The number of aryl methyl sites for hydroxylation is 3. The van der Waals surface area contributed by atoms with Crippen LogP contribution < -0.4 is 0 Å². The lowest BCUT2D eigenvalue weighted by Crippen LogP contribution is -2.36. The van der Waals surface area contributed by atoms with E-state index in [4.69, 9.17) is 4.52 Å². The van der Waals surface area contributed by atoms with E-state index in [-0.39, 0.29) is 11.9 Å². The number of rotatable bonds is 5.